The fourth-order valence-electron chi connectivity index (χ4n) is 2.14. The van der Waals surface area contributed by atoms with Crippen LogP contribution in [0.2, 0.25) is 0 Å². The van der Waals surface area contributed by atoms with Crippen LogP contribution in [0.5, 0.6) is 0 Å². The Morgan fingerprint density at radius 2 is 2.05 bits per heavy atom. The van der Waals surface area contributed by atoms with Gasteiger partial charge in [-0.15, -0.1) is 0 Å². The van der Waals surface area contributed by atoms with Gasteiger partial charge in [0.25, 0.3) is 5.69 Å². The minimum absolute atomic E-state index is 0.0889. The lowest BCUT2D eigenvalue weighted by molar-refractivity contribution is -0.385. The van der Waals surface area contributed by atoms with Crippen molar-refractivity contribution in [3.8, 4) is 0 Å². The molecule has 1 aromatic carbocycles. The molecule has 1 heterocycles. The Bertz CT molecular complexity index is 599. The fraction of sp³-hybridized carbons (Fsp3) is 0.267. The average Bonchev–Trinajstić information content (AvgIpc) is 2.47. The van der Waals surface area contributed by atoms with Crippen molar-refractivity contribution in [2.75, 3.05) is 7.05 Å². The number of hydrogen-bond acceptors (Lipinski definition) is 4. The molecular formula is C15H17N3O2. The van der Waals surface area contributed by atoms with Crippen molar-refractivity contribution in [2.24, 2.45) is 0 Å². The predicted molar refractivity (Wildman–Crippen MR) is 77.6 cm³/mol. The SMILES string of the molecule is CNC(Cc1cc([N+](=O)[O-])c(C)cn1)c1ccccc1. The Labute approximate surface area is 117 Å². The number of nitrogens with one attached hydrogen (secondary N) is 1. The molecule has 1 aromatic heterocycles. The Balaban J connectivity index is 2.24. The molecule has 2 aromatic rings. The van der Waals surface area contributed by atoms with E-state index in [1.807, 2.05) is 37.4 Å². The van der Waals surface area contributed by atoms with E-state index < -0.39 is 0 Å². The molecule has 0 aliphatic heterocycles. The van der Waals surface area contributed by atoms with E-state index in [1.54, 1.807) is 19.2 Å². The van der Waals surface area contributed by atoms with E-state index >= 15 is 0 Å². The van der Waals surface area contributed by atoms with Gasteiger partial charge in [-0.3, -0.25) is 15.1 Å². The quantitative estimate of drug-likeness (QED) is 0.670. The highest BCUT2D eigenvalue weighted by molar-refractivity contribution is 5.39. The van der Waals surface area contributed by atoms with E-state index in [0.29, 0.717) is 17.7 Å². The van der Waals surface area contributed by atoms with Crippen molar-refractivity contribution in [2.45, 2.75) is 19.4 Å². The molecule has 0 fully saturated rings. The molecule has 1 unspecified atom stereocenters. The average molecular weight is 271 g/mol. The van der Waals surface area contributed by atoms with Crippen LogP contribution in [0.4, 0.5) is 5.69 Å². The van der Waals surface area contributed by atoms with Crippen molar-refractivity contribution in [1.29, 1.82) is 0 Å². The summed E-state index contributed by atoms with van der Waals surface area (Å²) in [6.07, 6.45) is 2.17. The molecule has 104 valence electrons. The van der Waals surface area contributed by atoms with E-state index in [-0.39, 0.29) is 16.7 Å². The Morgan fingerprint density at radius 3 is 2.65 bits per heavy atom. The Kier molecular flexibility index (Phi) is 4.42. The van der Waals surface area contributed by atoms with Gasteiger partial charge in [0.15, 0.2) is 0 Å². The van der Waals surface area contributed by atoms with Crippen LogP contribution in [0, 0.1) is 17.0 Å². The third-order valence-corrected chi connectivity index (χ3v) is 3.29. The number of aryl methyl sites for hydroxylation is 1. The molecule has 0 saturated heterocycles. The number of nitro groups is 1. The normalized spacial score (nSPS) is 12.1. The lowest BCUT2D eigenvalue weighted by Crippen LogP contribution is -2.19. The number of nitrogens with zero attached hydrogens (tertiary/aromatic N) is 2. The summed E-state index contributed by atoms with van der Waals surface area (Å²) in [5, 5.41) is 14.2. The smallest absolute Gasteiger partial charge is 0.275 e. The number of likely N-dealkylation sites (N-methyl/N-ethyl adjacent to an activating group) is 1. The minimum atomic E-state index is -0.364. The number of benzene rings is 1. The van der Waals surface area contributed by atoms with Crippen LogP contribution in [0.15, 0.2) is 42.6 Å². The van der Waals surface area contributed by atoms with Crippen LogP contribution in [-0.4, -0.2) is 17.0 Å². The second-order valence-electron chi connectivity index (χ2n) is 4.68. The summed E-state index contributed by atoms with van der Waals surface area (Å²) in [5.41, 5.74) is 2.56. The molecule has 1 atom stereocenters. The molecule has 20 heavy (non-hydrogen) atoms. The zero-order valence-corrected chi connectivity index (χ0v) is 11.5. The van der Waals surface area contributed by atoms with Crippen LogP contribution in [0.3, 0.4) is 0 Å². The predicted octanol–water partition coefficient (Wildman–Crippen LogP) is 2.80. The highest BCUT2D eigenvalue weighted by atomic mass is 16.6. The van der Waals surface area contributed by atoms with E-state index in [2.05, 4.69) is 10.3 Å². The van der Waals surface area contributed by atoms with Gasteiger partial charge in [-0.05, 0) is 19.5 Å². The zero-order chi connectivity index (χ0) is 14.5. The summed E-state index contributed by atoms with van der Waals surface area (Å²) in [6, 6.07) is 11.6. The lowest BCUT2D eigenvalue weighted by Gasteiger charge is -2.16. The summed E-state index contributed by atoms with van der Waals surface area (Å²) in [4.78, 5) is 14.9. The second kappa shape index (κ2) is 6.25. The summed E-state index contributed by atoms with van der Waals surface area (Å²) in [7, 11) is 1.88. The van der Waals surface area contributed by atoms with Gasteiger partial charge in [0.2, 0.25) is 0 Å². The Hall–Kier alpha value is -2.27. The van der Waals surface area contributed by atoms with Gasteiger partial charge >= 0.3 is 0 Å². The summed E-state index contributed by atoms with van der Waals surface area (Å²) in [6.45, 7) is 1.70. The molecule has 1 N–H and O–H groups in total. The maximum absolute atomic E-state index is 11.0. The van der Waals surface area contributed by atoms with Crippen LogP contribution in [0.1, 0.15) is 22.9 Å². The fourth-order valence-corrected chi connectivity index (χ4v) is 2.14. The first-order chi connectivity index (χ1) is 9.61. The second-order valence-corrected chi connectivity index (χ2v) is 4.68. The third kappa shape index (κ3) is 3.19. The number of aromatic nitrogens is 1. The highest BCUT2D eigenvalue weighted by Gasteiger charge is 2.15. The van der Waals surface area contributed by atoms with Gasteiger partial charge in [-0.1, -0.05) is 30.3 Å². The maximum Gasteiger partial charge on any atom is 0.275 e. The largest absolute Gasteiger partial charge is 0.313 e. The monoisotopic (exact) mass is 271 g/mol. The van der Waals surface area contributed by atoms with Crippen LogP contribution >= 0.6 is 0 Å². The van der Waals surface area contributed by atoms with Crippen LogP contribution in [0.25, 0.3) is 0 Å². The molecule has 0 bridgehead atoms. The van der Waals surface area contributed by atoms with E-state index in [9.17, 15) is 10.1 Å². The number of rotatable bonds is 5. The first kappa shape index (κ1) is 14.1. The molecule has 0 radical (unpaired) electrons. The highest BCUT2D eigenvalue weighted by Crippen LogP contribution is 2.21. The lowest BCUT2D eigenvalue weighted by atomic mass is 10.0. The van der Waals surface area contributed by atoms with Crippen LogP contribution < -0.4 is 5.32 Å². The van der Waals surface area contributed by atoms with Crippen molar-refractivity contribution >= 4 is 5.69 Å². The zero-order valence-electron chi connectivity index (χ0n) is 11.5. The van der Waals surface area contributed by atoms with Gasteiger partial charge < -0.3 is 5.32 Å². The van der Waals surface area contributed by atoms with Crippen molar-refractivity contribution in [3.05, 3.63) is 69.5 Å². The standard InChI is InChI=1S/C15H17N3O2/c1-11-10-17-13(9-15(11)18(19)20)8-14(16-2)12-6-4-3-5-7-12/h3-7,9-10,14,16H,8H2,1-2H3. The van der Waals surface area contributed by atoms with Crippen molar-refractivity contribution in [3.63, 3.8) is 0 Å². The molecule has 2 rings (SSSR count). The van der Waals surface area contributed by atoms with Crippen molar-refractivity contribution < 1.29 is 4.92 Å². The number of pyridine rings is 1. The first-order valence-corrected chi connectivity index (χ1v) is 6.44. The van der Waals surface area contributed by atoms with Gasteiger partial charge in [0.05, 0.1) is 4.92 Å². The van der Waals surface area contributed by atoms with E-state index in [1.165, 1.54) is 0 Å². The molecule has 0 amide bonds. The van der Waals surface area contributed by atoms with E-state index in [0.717, 1.165) is 5.56 Å². The molecule has 0 aliphatic carbocycles. The molecule has 0 aliphatic rings. The van der Waals surface area contributed by atoms with Gasteiger partial charge in [0.1, 0.15) is 0 Å². The maximum atomic E-state index is 11.0. The Morgan fingerprint density at radius 1 is 1.35 bits per heavy atom. The topological polar surface area (TPSA) is 68.1 Å². The molecule has 5 heteroatoms. The van der Waals surface area contributed by atoms with Crippen molar-refractivity contribution in [1.82, 2.24) is 10.3 Å². The van der Waals surface area contributed by atoms with Crippen LogP contribution in [-0.2, 0) is 6.42 Å². The molecular weight excluding hydrogens is 254 g/mol. The first-order valence-electron chi connectivity index (χ1n) is 6.44. The molecule has 0 spiro atoms. The molecule has 0 saturated carbocycles. The summed E-state index contributed by atoms with van der Waals surface area (Å²) >= 11 is 0. The van der Waals surface area contributed by atoms with E-state index in [4.69, 9.17) is 0 Å². The third-order valence-electron chi connectivity index (χ3n) is 3.29. The number of hydrogen-bond donors (Lipinski definition) is 1. The summed E-state index contributed by atoms with van der Waals surface area (Å²) < 4.78 is 0. The minimum Gasteiger partial charge on any atom is -0.313 e. The van der Waals surface area contributed by atoms with Gasteiger partial charge in [-0.2, -0.15) is 0 Å². The van der Waals surface area contributed by atoms with Gasteiger partial charge in [-0.25, -0.2) is 0 Å². The summed E-state index contributed by atoms with van der Waals surface area (Å²) in [5.74, 6) is 0. The molecule has 5 nitrogen and oxygen atoms in total. The van der Waals surface area contributed by atoms with Gasteiger partial charge in [0, 0.05) is 36.0 Å².